The molecule has 0 aromatic heterocycles. The van der Waals surface area contributed by atoms with Gasteiger partial charge in [-0.1, -0.05) is 33.1 Å². The van der Waals surface area contributed by atoms with Crippen molar-refractivity contribution in [2.75, 3.05) is 13.2 Å². The summed E-state index contributed by atoms with van der Waals surface area (Å²) in [5.74, 6) is 0.802. The highest BCUT2D eigenvalue weighted by Crippen LogP contribution is 2.36. The van der Waals surface area contributed by atoms with Gasteiger partial charge in [0, 0.05) is 12.6 Å². The summed E-state index contributed by atoms with van der Waals surface area (Å²) in [6.45, 7) is 7.06. The Morgan fingerprint density at radius 3 is 2.52 bits per heavy atom. The first-order chi connectivity index (χ1) is 10.0. The second-order valence-corrected chi connectivity index (χ2v) is 6.67. The van der Waals surface area contributed by atoms with E-state index < -0.39 is 0 Å². The molecular formula is C17H34N2O2. The third kappa shape index (κ3) is 6.35. The maximum atomic E-state index is 11.9. The molecule has 1 aliphatic carbocycles. The van der Waals surface area contributed by atoms with Gasteiger partial charge >= 0.3 is 0 Å². The van der Waals surface area contributed by atoms with Gasteiger partial charge in [0.15, 0.2) is 0 Å². The third-order valence-electron chi connectivity index (χ3n) is 4.72. The maximum absolute atomic E-state index is 11.9. The van der Waals surface area contributed by atoms with Crippen molar-refractivity contribution in [1.29, 1.82) is 0 Å². The van der Waals surface area contributed by atoms with Gasteiger partial charge in [-0.2, -0.15) is 0 Å². The van der Waals surface area contributed by atoms with Crippen molar-refractivity contribution in [3.63, 3.8) is 0 Å². The SMILES string of the molecule is CCCC1CCC(CN)(OCC(=O)NC(C)CCC)CC1. The van der Waals surface area contributed by atoms with Crippen LogP contribution >= 0.6 is 0 Å². The fraction of sp³-hybridized carbons (Fsp3) is 0.941. The minimum Gasteiger partial charge on any atom is -0.364 e. The van der Waals surface area contributed by atoms with E-state index in [-0.39, 0.29) is 24.2 Å². The Morgan fingerprint density at radius 1 is 1.33 bits per heavy atom. The van der Waals surface area contributed by atoms with Gasteiger partial charge < -0.3 is 15.8 Å². The number of rotatable bonds is 9. The van der Waals surface area contributed by atoms with Crippen molar-refractivity contribution >= 4 is 5.91 Å². The van der Waals surface area contributed by atoms with Crippen LogP contribution in [0.4, 0.5) is 0 Å². The van der Waals surface area contributed by atoms with E-state index in [2.05, 4.69) is 19.2 Å². The molecule has 124 valence electrons. The average Bonchev–Trinajstić information content (AvgIpc) is 2.47. The normalized spacial score (nSPS) is 27.3. The van der Waals surface area contributed by atoms with E-state index in [4.69, 9.17) is 10.5 Å². The molecule has 21 heavy (non-hydrogen) atoms. The molecule has 0 aromatic rings. The predicted molar refractivity (Wildman–Crippen MR) is 87.1 cm³/mol. The zero-order chi connectivity index (χ0) is 15.7. The van der Waals surface area contributed by atoms with Crippen molar-refractivity contribution in [3.05, 3.63) is 0 Å². The molecular weight excluding hydrogens is 264 g/mol. The highest BCUT2D eigenvalue weighted by molar-refractivity contribution is 5.77. The van der Waals surface area contributed by atoms with Gasteiger partial charge in [-0.25, -0.2) is 0 Å². The van der Waals surface area contributed by atoms with Crippen LogP contribution in [0, 0.1) is 5.92 Å². The lowest BCUT2D eigenvalue weighted by atomic mass is 9.77. The van der Waals surface area contributed by atoms with E-state index in [9.17, 15) is 4.79 Å². The Kier molecular flexibility index (Phi) is 8.27. The molecule has 1 rings (SSSR count). The summed E-state index contributed by atoms with van der Waals surface area (Å²) in [4.78, 5) is 11.9. The molecule has 1 amide bonds. The van der Waals surface area contributed by atoms with Crippen LogP contribution in [0.5, 0.6) is 0 Å². The van der Waals surface area contributed by atoms with Crippen LogP contribution in [0.3, 0.4) is 0 Å². The number of amides is 1. The maximum Gasteiger partial charge on any atom is 0.246 e. The molecule has 0 saturated heterocycles. The number of ether oxygens (including phenoxy) is 1. The van der Waals surface area contributed by atoms with Gasteiger partial charge in [-0.05, 0) is 44.9 Å². The molecule has 1 fully saturated rings. The summed E-state index contributed by atoms with van der Waals surface area (Å²) in [6.07, 6.45) is 8.98. The zero-order valence-corrected chi connectivity index (χ0v) is 14.1. The quantitative estimate of drug-likeness (QED) is 0.688. The number of hydrogen-bond donors (Lipinski definition) is 2. The van der Waals surface area contributed by atoms with Crippen molar-refractivity contribution < 1.29 is 9.53 Å². The first-order valence-corrected chi connectivity index (χ1v) is 8.68. The van der Waals surface area contributed by atoms with E-state index in [0.717, 1.165) is 31.6 Å². The number of carbonyl (C=O) groups excluding carboxylic acids is 1. The Hall–Kier alpha value is -0.610. The number of hydrogen-bond acceptors (Lipinski definition) is 3. The molecule has 0 aliphatic heterocycles. The molecule has 0 radical (unpaired) electrons. The third-order valence-corrected chi connectivity index (χ3v) is 4.72. The Balaban J connectivity index is 2.35. The molecule has 0 aromatic carbocycles. The van der Waals surface area contributed by atoms with Gasteiger partial charge in [0.2, 0.25) is 5.91 Å². The summed E-state index contributed by atoms with van der Waals surface area (Å²) < 4.78 is 5.95. The monoisotopic (exact) mass is 298 g/mol. The van der Waals surface area contributed by atoms with Crippen molar-refractivity contribution in [1.82, 2.24) is 5.32 Å². The van der Waals surface area contributed by atoms with Gasteiger partial charge in [0.25, 0.3) is 0 Å². The van der Waals surface area contributed by atoms with E-state index in [0.29, 0.717) is 6.54 Å². The smallest absolute Gasteiger partial charge is 0.246 e. The molecule has 1 unspecified atom stereocenters. The topological polar surface area (TPSA) is 64.3 Å². The molecule has 4 nitrogen and oxygen atoms in total. The zero-order valence-electron chi connectivity index (χ0n) is 14.1. The highest BCUT2D eigenvalue weighted by atomic mass is 16.5. The minimum atomic E-state index is -0.268. The Labute approximate surface area is 130 Å². The van der Waals surface area contributed by atoms with Gasteiger partial charge in [-0.3, -0.25) is 4.79 Å². The molecule has 3 N–H and O–H groups in total. The summed E-state index contributed by atoms with van der Waals surface area (Å²) in [5.41, 5.74) is 5.67. The lowest BCUT2D eigenvalue weighted by Gasteiger charge is -2.39. The number of carbonyl (C=O) groups is 1. The summed E-state index contributed by atoms with van der Waals surface area (Å²) in [6, 6.07) is 0.222. The molecule has 1 atom stereocenters. The van der Waals surface area contributed by atoms with Crippen molar-refractivity contribution in [2.24, 2.45) is 11.7 Å². The van der Waals surface area contributed by atoms with Crippen LogP contribution in [0.1, 0.15) is 72.1 Å². The largest absolute Gasteiger partial charge is 0.364 e. The van der Waals surface area contributed by atoms with E-state index in [1.165, 1.54) is 25.7 Å². The van der Waals surface area contributed by atoms with Crippen LogP contribution in [0.2, 0.25) is 0 Å². The molecule has 0 spiro atoms. The van der Waals surface area contributed by atoms with Crippen molar-refractivity contribution in [3.8, 4) is 0 Å². The minimum absolute atomic E-state index is 0.0144. The predicted octanol–water partition coefficient (Wildman–Crippen LogP) is 3.00. The Bertz CT molecular complexity index is 299. The average molecular weight is 298 g/mol. The summed E-state index contributed by atoms with van der Waals surface area (Å²) in [7, 11) is 0. The lowest BCUT2D eigenvalue weighted by Crippen LogP contribution is -2.46. The van der Waals surface area contributed by atoms with Crippen molar-refractivity contribution in [2.45, 2.75) is 83.8 Å². The van der Waals surface area contributed by atoms with Crippen LogP contribution in [-0.2, 0) is 9.53 Å². The van der Waals surface area contributed by atoms with E-state index >= 15 is 0 Å². The first-order valence-electron chi connectivity index (χ1n) is 8.68. The Morgan fingerprint density at radius 2 is 2.00 bits per heavy atom. The number of nitrogens with one attached hydrogen (secondary N) is 1. The summed E-state index contributed by atoms with van der Waals surface area (Å²) >= 11 is 0. The second-order valence-electron chi connectivity index (χ2n) is 6.67. The van der Waals surface area contributed by atoms with Crippen LogP contribution in [-0.4, -0.2) is 30.7 Å². The fourth-order valence-corrected chi connectivity index (χ4v) is 3.35. The first kappa shape index (κ1) is 18.4. The fourth-order valence-electron chi connectivity index (χ4n) is 3.35. The second kappa shape index (κ2) is 9.42. The lowest BCUT2D eigenvalue weighted by molar-refractivity contribution is -0.136. The van der Waals surface area contributed by atoms with Gasteiger partial charge in [-0.15, -0.1) is 0 Å². The van der Waals surface area contributed by atoms with Crippen LogP contribution in [0.25, 0.3) is 0 Å². The highest BCUT2D eigenvalue weighted by Gasteiger charge is 2.35. The van der Waals surface area contributed by atoms with Crippen LogP contribution in [0.15, 0.2) is 0 Å². The van der Waals surface area contributed by atoms with E-state index in [1.807, 2.05) is 6.92 Å². The van der Waals surface area contributed by atoms with Crippen LogP contribution < -0.4 is 11.1 Å². The standard InChI is InChI=1S/C17H34N2O2/c1-4-6-14(3)19-16(20)12-21-17(13-18)10-8-15(7-5-2)9-11-17/h14-15H,4-13,18H2,1-3H3,(H,19,20). The van der Waals surface area contributed by atoms with Gasteiger partial charge in [0.05, 0.1) is 5.60 Å². The summed E-state index contributed by atoms with van der Waals surface area (Å²) in [5, 5.41) is 2.99. The number of nitrogens with two attached hydrogens (primary N) is 1. The molecule has 4 heteroatoms. The van der Waals surface area contributed by atoms with Gasteiger partial charge in [0.1, 0.15) is 6.61 Å². The molecule has 0 bridgehead atoms. The molecule has 1 saturated carbocycles. The van der Waals surface area contributed by atoms with E-state index in [1.54, 1.807) is 0 Å². The molecule has 1 aliphatic rings. The molecule has 0 heterocycles.